The van der Waals surface area contributed by atoms with Crippen molar-refractivity contribution in [1.29, 1.82) is 0 Å². The van der Waals surface area contributed by atoms with Crippen LogP contribution in [0.2, 0.25) is 0 Å². The van der Waals surface area contributed by atoms with Crippen LogP contribution >= 0.6 is 0 Å². The summed E-state index contributed by atoms with van der Waals surface area (Å²) in [7, 11) is 1.67. The molecule has 3 rings (SSSR count). The second-order valence-electron chi connectivity index (χ2n) is 7.39. The first kappa shape index (κ1) is 19.1. The van der Waals surface area contributed by atoms with Crippen molar-refractivity contribution in [3.8, 4) is 5.75 Å². The third-order valence-corrected chi connectivity index (χ3v) is 5.23. The largest absolute Gasteiger partial charge is 0.497 e. The van der Waals surface area contributed by atoms with Crippen molar-refractivity contribution < 1.29 is 9.53 Å². The van der Waals surface area contributed by atoms with E-state index in [1.165, 1.54) is 5.56 Å². The van der Waals surface area contributed by atoms with Gasteiger partial charge in [-0.1, -0.05) is 17.7 Å². The molecule has 1 aliphatic heterocycles. The normalized spacial score (nSPS) is 17.0. The zero-order valence-corrected chi connectivity index (χ0v) is 16.9. The predicted octanol–water partition coefficient (Wildman–Crippen LogP) is 4.36. The number of urea groups is 1. The third kappa shape index (κ3) is 4.18. The van der Waals surface area contributed by atoms with Crippen LogP contribution < -0.4 is 15.0 Å². The predicted molar refractivity (Wildman–Crippen MR) is 111 cm³/mol. The number of aryl methyl sites for hydroxylation is 3. The highest BCUT2D eigenvalue weighted by molar-refractivity contribution is 5.91. The number of hydrogen-bond acceptors (Lipinski definition) is 3. The summed E-state index contributed by atoms with van der Waals surface area (Å²) in [6, 6.07) is 12.5. The Morgan fingerprint density at radius 1 is 1.07 bits per heavy atom. The number of piperazine rings is 1. The van der Waals surface area contributed by atoms with Gasteiger partial charge in [0.25, 0.3) is 0 Å². The van der Waals surface area contributed by atoms with Crippen molar-refractivity contribution in [2.24, 2.45) is 0 Å². The number of hydrogen-bond donors (Lipinski definition) is 1. The third-order valence-electron chi connectivity index (χ3n) is 5.23. The van der Waals surface area contributed by atoms with Gasteiger partial charge in [0.05, 0.1) is 7.11 Å². The van der Waals surface area contributed by atoms with Gasteiger partial charge in [-0.05, 0) is 63.1 Å². The molecule has 2 amide bonds. The van der Waals surface area contributed by atoms with E-state index in [1.54, 1.807) is 7.11 Å². The molecule has 2 aromatic carbocycles. The summed E-state index contributed by atoms with van der Waals surface area (Å²) in [5.41, 5.74) is 5.51. The number of nitrogens with one attached hydrogen (secondary N) is 1. The van der Waals surface area contributed by atoms with Gasteiger partial charge >= 0.3 is 6.03 Å². The molecule has 0 aliphatic carbocycles. The lowest BCUT2D eigenvalue weighted by atomic mass is 10.1. The fraction of sp³-hybridized carbons (Fsp3) is 0.409. The smallest absolute Gasteiger partial charge is 0.321 e. The average molecular weight is 367 g/mol. The van der Waals surface area contributed by atoms with Gasteiger partial charge < -0.3 is 19.9 Å². The van der Waals surface area contributed by atoms with Gasteiger partial charge in [-0.2, -0.15) is 0 Å². The molecule has 1 aliphatic rings. The Kier molecular flexibility index (Phi) is 5.59. The van der Waals surface area contributed by atoms with Gasteiger partial charge in [0, 0.05) is 37.1 Å². The molecule has 0 bridgehead atoms. The number of carbonyl (C=O) groups excluding carboxylic acids is 1. The second-order valence-corrected chi connectivity index (χ2v) is 7.39. The van der Waals surface area contributed by atoms with Crippen molar-refractivity contribution in [2.45, 2.75) is 33.7 Å². The molecule has 0 aromatic heterocycles. The van der Waals surface area contributed by atoms with E-state index >= 15 is 0 Å². The minimum Gasteiger partial charge on any atom is -0.497 e. The van der Waals surface area contributed by atoms with Gasteiger partial charge in [0.1, 0.15) is 5.75 Å². The molecular formula is C22H29N3O2. The number of anilines is 2. The Morgan fingerprint density at radius 2 is 1.70 bits per heavy atom. The molecule has 1 N–H and O–H groups in total. The highest BCUT2D eigenvalue weighted by Gasteiger charge is 2.27. The first-order valence-corrected chi connectivity index (χ1v) is 9.43. The lowest BCUT2D eigenvalue weighted by Gasteiger charge is -2.41. The van der Waals surface area contributed by atoms with Crippen LogP contribution in [-0.2, 0) is 0 Å². The maximum absolute atomic E-state index is 12.8. The molecule has 1 fully saturated rings. The first-order chi connectivity index (χ1) is 12.9. The quantitative estimate of drug-likeness (QED) is 0.876. The highest BCUT2D eigenvalue weighted by atomic mass is 16.5. The van der Waals surface area contributed by atoms with Gasteiger partial charge in [-0.25, -0.2) is 4.79 Å². The van der Waals surface area contributed by atoms with Gasteiger partial charge in [-0.3, -0.25) is 0 Å². The van der Waals surface area contributed by atoms with Crippen molar-refractivity contribution in [1.82, 2.24) is 4.90 Å². The summed E-state index contributed by atoms with van der Waals surface area (Å²) in [4.78, 5) is 17.1. The number of benzene rings is 2. The van der Waals surface area contributed by atoms with E-state index in [1.807, 2.05) is 30.9 Å². The summed E-state index contributed by atoms with van der Waals surface area (Å²) in [6.07, 6.45) is 0. The zero-order valence-electron chi connectivity index (χ0n) is 16.9. The number of nitrogens with zero attached hydrogens (tertiary/aromatic N) is 2. The number of ether oxygens (including phenoxy) is 1. The molecule has 1 saturated heterocycles. The maximum atomic E-state index is 12.8. The summed E-state index contributed by atoms with van der Waals surface area (Å²) in [5.74, 6) is 0.855. The Balaban J connectivity index is 1.66. The second kappa shape index (κ2) is 7.91. The van der Waals surface area contributed by atoms with Crippen LogP contribution in [0.25, 0.3) is 0 Å². The monoisotopic (exact) mass is 367 g/mol. The van der Waals surface area contributed by atoms with Gasteiger partial charge in [0.15, 0.2) is 0 Å². The van der Waals surface area contributed by atoms with Crippen molar-refractivity contribution in [3.63, 3.8) is 0 Å². The number of methoxy groups -OCH3 is 1. The van der Waals surface area contributed by atoms with Crippen molar-refractivity contribution in [3.05, 3.63) is 53.1 Å². The molecule has 5 heteroatoms. The van der Waals surface area contributed by atoms with E-state index in [0.29, 0.717) is 13.1 Å². The summed E-state index contributed by atoms with van der Waals surface area (Å²) >= 11 is 0. The standard InChI is InChI=1S/C22H29N3O2/c1-15-12-16(2)21(17(3)13-15)23-22(26)24-10-11-25(18(4)14-24)19-6-8-20(27-5)9-7-19/h6-9,12-13,18H,10-11,14H2,1-5H3,(H,23,26). The maximum Gasteiger partial charge on any atom is 0.321 e. The van der Waals surface area contributed by atoms with Crippen LogP contribution in [0.3, 0.4) is 0 Å². The number of amides is 2. The fourth-order valence-electron chi connectivity index (χ4n) is 3.86. The average Bonchev–Trinajstić information content (AvgIpc) is 2.64. The lowest BCUT2D eigenvalue weighted by molar-refractivity contribution is 0.200. The molecule has 0 radical (unpaired) electrons. The van der Waals surface area contributed by atoms with E-state index in [9.17, 15) is 4.79 Å². The van der Waals surface area contributed by atoms with Gasteiger partial charge in [0.2, 0.25) is 0 Å². The topological polar surface area (TPSA) is 44.8 Å². The van der Waals surface area contributed by atoms with E-state index in [2.05, 4.69) is 48.3 Å². The number of rotatable bonds is 3. The Labute approximate surface area is 161 Å². The molecule has 2 aromatic rings. The van der Waals surface area contributed by atoms with Crippen LogP contribution in [0.15, 0.2) is 36.4 Å². The molecule has 1 atom stereocenters. The molecular weight excluding hydrogens is 338 g/mol. The fourth-order valence-corrected chi connectivity index (χ4v) is 3.86. The van der Waals surface area contributed by atoms with Crippen molar-refractivity contribution >= 4 is 17.4 Å². The summed E-state index contributed by atoms with van der Waals surface area (Å²) in [5, 5.41) is 3.12. The van der Waals surface area contributed by atoms with Crippen LogP contribution in [0.5, 0.6) is 5.75 Å². The van der Waals surface area contributed by atoms with E-state index in [-0.39, 0.29) is 12.1 Å². The van der Waals surface area contributed by atoms with Crippen LogP contribution in [-0.4, -0.2) is 43.7 Å². The summed E-state index contributed by atoms with van der Waals surface area (Å²) < 4.78 is 5.24. The minimum absolute atomic E-state index is 0.0220. The van der Waals surface area contributed by atoms with Gasteiger partial charge in [-0.15, -0.1) is 0 Å². The first-order valence-electron chi connectivity index (χ1n) is 9.43. The Morgan fingerprint density at radius 3 is 2.26 bits per heavy atom. The minimum atomic E-state index is -0.0220. The van der Waals surface area contributed by atoms with Crippen LogP contribution in [0.1, 0.15) is 23.6 Å². The Hall–Kier alpha value is -2.69. The molecule has 27 heavy (non-hydrogen) atoms. The summed E-state index contributed by atoms with van der Waals surface area (Å²) in [6.45, 7) is 10.5. The van der Waals surface area contributed by atoms with Crippen LogP contribution in [0, 0.1) is 20.8 Å². The molecule has 5 nitrogen and oxygen atoms in total. The molecule has 1 heterocycles. The zero-order chi connectivity index (χ0) is 19.6. The molecule has 0 spiro atoms. The van der Waals surface area contributed by atoms with E-state index in [0.717, 1.165) is 34.8 Å². The van der Waals surface area contributed by atoms with Crippen LogP contribution in [0.4, 0.5) is 16.2 Å². The lowest BCUT2D eigenvalue weighted by Crippen LogP contribution is -2.54. The van der Waals surface area contributed by atoms with E-state index < -0.39 is 0 Å². The van der Waals surface area contributed by atoms with Crippen molar-refractivity contribution in [2.75, 3.05) is 37.0 Å². The molecule has 144 valence electrons. The highest BCUT2D eigenvalue weighted by Crippen LogP contribution is 2.25. The molecule has 1 unspecified atom stereocenters. The van der Waals surface area contributed by atoms with E-state index in [4.69, 9.17) is 4.74 Å². The number of carbonyl (C=O) groups is 1. The molecule has 0 saturated carbocycles. The SMILES string of the molecule is COc1ccc(N2CCN(C(=O)Nc3c(C)cc(C)cc3C)CC2C)cc1. The Bertz CT molecular complexity index is 794.